The molecule has 0 amide bonds. The Kier molecular flexibility index (Phi) is 2.33. The molecular formula is C9H8INOS. The average molecular weight is 305 g/mol. The lowest BCUT2D eigenvalue weighted by molar-refractivity contribution is 0.420. The Bertz CT molecular complexity index is 452. The molecule has 0 aliphatic rings. The topological polar surface area (TPSA) is 35.2 Å². The Morgan fingerprint density at radius 3 is 3.00 bits per heavy atom. The summed E-state index contributed by atoms with van der Waals surface area (Å²) in [6.07, 6.45) is 0. The van der Waals surface area contributed by atoms with Gasteiger partial charge in [0.05, 0.1) is 11.8 Å². The van der Waals surface area contributed by atoms with E-state index in [9.17, 15) is 0 Å². The number of ether oxygens (including phenoxy) is 1. The third kappa shape index (κ3) is 1.38. The van der Waals surface area contributed by atoms with Crippen LogP contribution in [0.3, 0.4) is 0 Å². The van der Waals surface area contributed by atoms with E-state index >= 15 is 0 Å². The van der Waals surface area contributed by atoms with Crippen molar-refractivity contribution >= 4 is 49.7 Å². The zero-order valence-corrected chi connectivity index (χ0v) is 9.98. The molecule has 1 heterocycles. The molecule has 2 N–H and O–H groups in total. The predicted octanol–water partition coefficient (Wildman–Crippen LogP) is 3.10. The Morgan fingerprint density at radius 1 is 1.54 bits per heavy atom. The average Bonchev–Trinajstić information content (AvgIpc) is 2.60. The standard InChI is InChI=1S/C9H8INOS/c1-12-7-4-6(11)8(10)5-2-3-13-9(5)7/h2-4H,11H2,1H3. The molecule has 0 aliphatic heterocycles. The van der Waals surface area contributed by atoms with Crippen LogP contribution in [0.25, 0.3) is 10.1 Å². The second-order valence-corrected chi connectivity index (χ2v) is 4.64. The van der Waals surface area contributed by atoms with Crippen LogP contribution < -0.4 is 10.5 Å². The first kappa shape index (κ1) is 9.08. The fraction of sp³-hybridized carbons (Fsp3) is 0.111. The number of thiophene rings is 1. The molecule has 2 nitrogen and oxygen atoms in total. The van der Waals surface area contributed by atoms with Gasteiger partial charge in [-0.15, -0.1) is 11.3 Å². The number of methoxy groups -OCH3 is 1. The Morgan fingerprint density at radius 2 is 2.31 bits per heavy atom. The van der Waals surface area contributed by atoms with Crippen molar-refractivity contribution in [3.8, 4) is 5.75 Å². The van der Waals surface area contributed by atoms with E-state index in [1.807, 2.05) is 6.07 Å². The summed E-state index contributed by atoms with van der Waals surface area (Å²) in [4.78, 5) is 0. The van der Waals surface area contributed by atoms with Crippen molar-refractivity contribution < 1.29 is 4.74 Å². The van der Waals surface area contributed by atoms with E-state index in [1.165, 1.54) is 10.1 Å². The van der Waals surface area contributed by atoms with Crippen molar-refractivity contribution in [1.29, 1.82) is 0 Å². The van der Waals surface area contributed by atoms with Gasteiger partial charge < -0.3 is 10.5 Å². The van der Waals surface area contributed by atoms with E-state index in [0.29, 0.717) is 0 Å². The number of nitrogen functional groups attached to an aromatic ring is 1. The first-order valence-corrected chi connectivity index (χ1v) is 5.69. The highest BCUT2D eigenvalue weighted by atomic mass is 127. The maximum absolute atomic E-state index is 5.84. The predicted molar refractivity (Wildman–Crippen MR) is 65.5 cm³/mol. The largest absolute Gasteiger partial charge is 0.495 e. The fourth-order valence-corrected chi connectivity index (χ4v) is 2.93. The molecule has 1 aromatic carbocycles. The number of halogens is 1. The fourth-order valence-electron chi connectivity index (χ4n) is 1.25. The highest BCUT2D eigenvalue weighted by Crippen LogP contribution is 2.37. The molecule has 0 bridgehead atoms. The molecule has 13 heavy (non-hydrogen) atoms. The van der Waals surface area contributed by atoms with Gasteiger partial charge in [-0.1, -0.05) is 0 Å². The van der Waals surface area contributed by atoms with Gasteiger partial charge in [0.15, 0.2) is 0 Å². The van der Waals surface area contributed by atoms with E-state index in [2.05, 4.69) is 34.0 Å². The lowest BCUT2D eigenvalue weighted by Gasteiger charge is -2.05. The van der Waals surface area contributed by atoms with Crippen LogP contribution in [-0.2, 0) is 0 Å². The normalized spacial score (nSPS) is 10.6. The van der Waals surface area contributed by atoms with Gasteiger partial charge in [-0.3, -0.25) is 0 Å². The quantitative estimate of drug-likeness (QED) is 0.649. The van der Waals surface area contributed by atoms with Crippen molar-refractivity contribution in [2.45, 2.75) is 0 Å². The van der Waals surface area contributed by atoms with Gasteiger partial charge in [-0.2, -0.15) is 0 Å². The lowest BCUT2D eigenvalue weighted by Crippen LogP contribution is -1.92. The Hall–Kier alpha value is -0.490. The number of nitrogens with two attached hydrogens (primary N) is 1. The van der Waals surface area contributed by atoms with Crippen molar-refractivity contribution in [2.75, 3.05) is 12.8 Å². The number of anilines is 1. The minimum absolute atomic E-state index is 0.781. The summed E-state index contributed by atoms with van der Waals surface area (Å²) < 4.78 is 7.52. The molecule has 0 saturated heterocycles. The summed E-state index contributed by atoms with van der Waals surface area (Å²) in [5.41, 5.74) is 6.62. The minimum atomic E-state index is 0.781. The number of hydrogen-bond acceptors (Lipinski definition) is 3. The van der Waals surface area contributed by atoms with Gasteiger partial charge in [-0.25, -0.2) is 0 Å². The molecule has 0 spiro atoms. The van der Waals surface area contributed by atoms with Gasteiger partial charge >= 0.3 is 0 Å². The third-order valence-electron chi connectivity index (χ3n) is 1.89. The molecule has 0 atom stereocenters. The smallest absolute Gasteiger partial charge is 0.138 e. The van der Waals surface area contributed by atoms with Gasteiger partial charge in [0.1, 0.15) is 5.75 Å². The molecule has 4 heteroatoms. The summed E-state index contributed by atoms with van der Waals surface area (Å²) in [5, 5.41) is 3.23. The van der Waals surface area contributed by atoms with Crippen LogP contribution in [0.5, 0.6) is 5.75 Å². The van der Waals surface area contributed by atoms with E-state index in [0.717, 1.165) is 15.0 Å². The maximum Gasteiger partial charge on any atom is 0.138 e. The van der Waals surface area contributed by atoms with Gasteiger partial charge in [-0.05, 0) is 34.0 Å². The lowest BCUT2D eigenvalue weighted by atomic mass is 10.2. The Balaban J connectivity index is 2.87. The van der Waals surface area contributed by atoms with Crippen LogP contribution in [-0.4, -0.2) is 7.11 Å². The highest BCUT2D eigenvalue weighted by Gasteiger charge is 2.09. The van der Waals surface area contributed by atoms with Crippen LogP contribution >= 0.6 is 33.9 Å². The van der Waals surface area contributed by atoms with E-state index < -0.39 is 0 Å². The van der Waals surface area contributed by atoms with Crippen LogP contribution in [0.2, 0.25) is 0 Å². The maximum atomic E-state index is 5.84. The van der Waals surface area contributed by atoms with Gasteiger partial charge in [0.25, 0.3) is 0 Å². The van der Waals surface area contributed by atoms with Crippen molar-refractivity contribution in [2.24, 2.45) is 0 Å². The summed E-state index contributed by atoms with van der Waals surface area (Å²) >= 11 is 3.93. The molecule has 0 unspecified atom stereocenters. The SMILES string of the molecule is COc1cc(N)c(I)c2ccsc12. The third-order valence-corrected chi connectivity index (χ3v) is 4.02. The first-order valence-electron chi connectivity index (χ1n) is 3.73. The molecule has 0 fully saturated rings. The molecule has 0 saturated carbocycles. The van der Waals surface area contributed by atoms with Gasteiger partial charge in [0.2, 0.25) is 0 Å². The number of rotatable bonds is 1. The Labute approximate surface area is 93.8 Å². The van der Waals surface area contributed by atoms with Gasteiger partial charge in [0, 0.05) is 20.7 Å². The number of benzene rings is 1. The van der Waals surface area contributed by atoms with Crippen LogP contribution in [0.1, 0.15) is 0 Å². The van der Waals surface area contributed by atoms with Crippen molar-refractivity contribution in [3.63, 3.8) is 0 Å². The van der Waals surface area contributed by atoms with Crippen LogP contribution in [0.15, 0.2) is 17.5 Å². The second kappa shape index (κ2) is 3.34. The summed E-state index contributed by atoms with van der Waals surface area (Å²) in [6, 6.07) is 3.95. The summed E-state index contributed by atoms with van der Waals surface area (Å²) in [7, 11) is 1.67. The zero-order valence-electron chi connectivity index (χ0n) is 7.00. The number of hydrogen-bond donors (Lipinski definition) is 1. The monoisotopic (exact) mass is 305 g/mol. The summed E-state index contributed by atoms with van der Waals surface area (Å²) in [5.74, 6) is 0.864. The molecule has 0 radical (unpaired) electrons. The van der Waals surface area contributed by atoms with E-state index in [1.54, 1.807) is 18.4 Å². The minimum Gasteiger partial charge on any atom is -0.495 e. The highest BCUT2D eigenvalue weighted by molar-refractivity contribution is 14.1. The van der Waals surface area contributed by atoms with Crippen LogP contribution in [0, 0.1) is 3.57 Å². The molecule has 68 valence electrons. The van der Waals surface area contributed by atoms with Crippen molar-refractivity contribution in [1.82, 2.24) is 0 Å². The summed E-state index contributed by atoms with van der Waals surface area (Å²) in [6.45, 7) is 0. The molecular weight excluding hydrogens is 297 g/mol. The first-order chi connectivity index (χ1) is 6.24. The van der Waals surface area contributed by atoms with E-state index in [4.69, 9.17) is 10.5 Å². The molecule has 2 aromatic rings. The number of fused-ring (bicyclic) bond motifs is 1. The van der Waals surface area contributed by atoms with Crippen molar-refractivity contribution in [3.05, 3.63) is 21.1 Å². The molecule has 0 aliphatic carbocycles. The van der Waals surface area contributed by atoms with Crippen LogP contribution in [0.4, 0.5) is 5.69 Å². The van der Waals surface area contributed by atoms with E-state index in [-0.39, 0.29) is 0 Å². The zero-order chi connectivity index (χ0) is 9.42. The molecule has 1 aromatic heterocycles. The molecule has 2 rings (SSSR count). The second-order valence-electron chi connectivity index (χ2n) is 2.65.